The highest BCUT2D eigenvalue weighted by Crippen LogP contribution is 2.20. The quantitative estimate of drug-likeness (QED) is 0.944. The molecule has 0 bridgehead atoms. The van der Waals surface area contributed by atoms with Crippen molar-refractivity contribution in [3.05, 3.63) is 60.2 Å². The topological polar surface area (TPSA) is 46.2 Å². The van der Waals surface area contributed by atoms with Gasteiger partial charge in [-0.05, 0) is 29.2 Å². The Morgan fingerprint density at radius 2 is 1.76 bits per heavy atom. The molecule has 1 saturated heterocycles. The Morgan fingerprint density at radius 1 is 1.00 bits per heavy atom. The molecule has 110 valence electrons. The molecular weight excluding hydrogens is 282 g/mol. The smallest absolute Gasteiger partial charge is 0.151 e. The predicted octanol–water partition coefficient (Wildman–Crippen LogP) is 2.63. The second-order valence-corrected chi connectivity index (χ2v) is 7.78. The fourth-order valence-electron chi connectivity index (χ4n) is 2.71. The fourth-order valence-corrected chi connectivity index (χ4v) is 4.42. The third-order valence-electron chi connectivity index (χ3n) is 3.86. The third kappa shape index (κ3) is 3.71. The summed E-state index contributed by atoms with van der Waals surface area (Å²) in [5, 5.41) is 3.35. The zero-order valence-electron chi connectivity index (χ0n) is 11.8. The van der Waals surface area contributed by atoms with Crippen LogP contribution in [0.1, 0.15) is 12.0 Å². The first kappa shape index (κ1) is 14.3. The lowest BCUT2D eigenvalue weighted by molar-refractivity contribution is 0.554. The maximum atomic E-state index is 11.5. The van der Waals surface area contributed by atoms with Crippen molar-refractivity contribution in [1.29, 1.82) is 0 Å². The van der Waals surface area contributed by atoms with Gasteiger partial charge in [0, 0.05) is 12.6 Å². The van der Waals surface area contributed by atoms with E-state index in [9.17, 15) is 8.42 Å². The van der Waals surface area contributed by atoms with E-state index >= 15 is 0 Å². The first-order valence-electron chi connectivity index (χ1n) is 7.21. The molecule has 4 heteroatoms. The Morgan fingerprint density at radius 3 is 2.48 bits per heavy atom. The monoisotopic (exact) mass is 301 g/mol. The van der Waals surface area contributed by atoms with Crippen molar-refractivity contribution >= 4 is 9.84 Å². The average Bonchev–Trinajstić information content (AvgIpc) is 2.86. The number of hydrogen-bond donors (Lipinski definition) is 1. The number of sulfone groups is 1. The highest BCUT2D eigenvalue weighted by Gasteiger charge is 2.27. The van der Waals surface area contributed by atoms with Crippen LogP contribution in [0.5, 0.6) is 0 Å². The van der Waals surface area contributed by atoms with Gasteiger partial charge in [-0.25, -0.2) is 8.42 Å². The molecule has 1 unspecified atom stereocenters. The number of hydrogen-bond acceptors (Lipinski definition) is 3. The van der Waals surface area contributed by atoms with Gasteiger partial charge in [-0.1, -0.05) is 48.5 Å². The second kappa shape index (κ2) is 6.00. The molecule has 3 nitrogen and oxygen atoms in total. The molecular formula is C17H19NO2S. The molecule has 1 aliphatic heterocycles. The Kier molecular flexibility index (Phi) is 4.08. The molecule has 1 heterocycles. The van der Waals surface area contributed by atoms with Crippen LogP contribution in [0.15, 0.2) is 54.6 Å². The summed E-state index contributed by atoms with van der Waals surface area (Å²) < 4.78 is 22.9. The summed E-state index contributed by atoms with van der Waals surface area (Å²) in [6.07, 6.45) is 0.723. The van der Waals surface area contributed by atoms with E-state index in [4.69, 9.17) is 0 Å². The first-order chi connectivity index (χ1) is 10.1. The van der Waals surface area contributed by atoms with Gasteiger partial charge in [0.25, 0.3) is 0 Å². The van der Waals surface area contributed by atoms with Gasteiger partial charge in [0.2, 0.25) is 0 Å². The highest BCUT2D eigenvalue weighted by atomic mass is 32.2. The van der Waals surface area contributed by atoms with E-state index in [1.165, 1.54) is 16.7 Å². The molecule has 1 N–H and O–H groups in total. The second-order valence-electron chi connectivity index (χ2n) is 5.55. The normalized spacial score (nSPS) is 20.5. The van der Waals surface area contributed by atoms with Crippen molar-refractivity contribution in [1.82, 2.24) is 5.32 Å². The molecule has 1 atom stereocenters. The molecule has 21 heavy (non-hydrogen) atoms. The minimum absolute atomic E-state index is 0.0929. The minimum Gasteiger partial charge on any atom is -0.309 e. The van der Waals surface area contributed by atoms with Gasteiger partial charge in [-0.15, -0.1) is 0 Å². The Bertz CT molecular complexity index is 711. The maximum Gasteiger partial charge on any atom is 0.151 e. The van der Waals surface area contributed by atoms with Gasteiger partial charge in [0.05, 0.1) is 11.5 Å². The number of nitrogens with one attached hydrogen (secondary N) is 1. The molecule has 0 saturated carbocycles. The lowest BCUT2D eigenvalue weighted by atomic mass is 10.0. The summed E-state index contributed by atoms with van der Waals surface area (Å²) in [6, 6.07) is 18.7. The van der Waals surface area contributed by atoms with Crippen molar-refractivity contribution < 1.29 is 8.42 Å². The molecule has 0 aliphatic carbocycles. The van der Waals surface area contributed by atoms with E-state index in [-0.39, 0.29) is 11.8 Å². The van der Waals surface area contributed by atoms with Crippen molar-refractivity contribution in [3.8, 4) is 11.1 Å². The van der Waals surface area contributed by atoms with Gasteiger partial charge < -0.3 is 5.32 Å². The molecule has 2 aromatic carbocycles. The molecule has 0 spiro atoms. The van der Waals surface area contributed by atoms with Gasteiger partial charge in [0.1, 0.15) is 0 Å². The van der Waals surface area contributed by atoms with E-state index in [1.54, 1.807) is 0 Å². The zero-order chi connectivity index (χ0) is 14.7. The Hall–Kier alpha value is -1.65. The zero-order valence-corrected chi connectivity index (χ0v) is 12.6. The SMILES string of the molecule is O=S1(=O)CCC(NCc2cccc(-c3ccccc3)c2)C1. The van der Waals surface area contributed by atoms with Crippen LogP contribution < -0.4 is 5.32 Å². The largest absolute Gasteiger partial charge is 0.309 e. The van der Waals surface area contributed by atoms with Crippen LogP contribution in [0.3, 0.4) is 0 Å². The summed E-state index contributed by atoms with van der Waals surface area (Å²) in [4.78, 5) is 0. The van der Waals surface area contributed by atoms with Gasteiger partial charge in [0.15, 0.2) is 9.84 Å². The highest BCUT2D eigenvalue weighted by molar-refractivity contribution is 7.91. The minimum atomic E-state index is -2.81. The van der Waals surface area contributed by atoms with Gasteiger partial charge in [-0.3, -0.25) is 0 Å². The molecule has 0 aromatic heterocycles. The maximum absolute atomic E-state index is 11.5. The molecule has 1 fully saturated rings. The van der Waals surface area contributed by atoms with E-state index in [1.807, 2.05) is 24.3 Å². The van der Waals surface area contributed by atoms with Crippen LogP contribution in [0.4, 0.5) is 0 Å². The molecule has 2 aromatic rings. The fraction of sp³-hybridized carbons (Fsp3) is 0.294. The molecule has 0 radical (unpaired) electrons. The summed E-state index contributed by atoms with van der Waals surface area (Å²) in [7, 11) is -2.81. The predicted molar refractivity (Wildman–Crippen MR) is 85.8 cm³/mol. The van der Waals surface area contributed by atoms with E-state index in [2.05, 4.69) is 35.6 Å². The van der Waals surface area contributed by atoms with Crippen LogP contribution in [0, 0.1) is 0 Å². The van der Waals surface area contributed by atoms with Crippen molar-refractivity contribution in [2.24, 2.45) is 0 Å². The lowest BCUT2D eigenvalue weighted by Crippen LogP contribution is -2.29. The molecule has 1 aliphatic rings. The molecule has 0 amide bonds. The number of benzene rings is 2. The van der Waals surface area contributed by atoms with E-state index < -0.39 is 9.84 Å². The van der Waals surface area contributed by atoms with Gasteiger partial charge >= 0.3 is 0 Å². The van der Waals surface area contributed by atoms with Crippen LogP contribution in [0.25, 0.3) is 11.1 Å². The van der Waals surface area contributed by atoms with Crippen LogP contribution in [-0.2, 0) is 16.4 Å². The summed E-state index contributed by atoms with van der Waals surface area (Å²) >= 11 is 0. The van der Waals surface area contributed by atoms with Crippen molar-refractivity contribution in [3.63, 3.8) is 0 Å². The first-order valence-corrected chi connectivity index (χ1v) is 9.03. The summed E-state index contributed by atoms with van der Waals surface area (Å²) in [5.41, 5.74) is 3.57. The summed E-state index contributed by atoms with van der Waals surface area (Å²) in [5.74, 6) is 0.583. The third-order valence-corrected chi connectivity index (χ3v) is 5.63. The Labute approximate surface area is 125 Å². The van der Waals surface area contributed by atoms with Crippen LogP contribution >= 0.6 is 0 Å². The average molecular weight is 301 g/mol. The molecule has 3 rings (SSSR count). The van der Waals surface area contributed by atoms with E-state index in [0.29, 0.717) is 12.3 Å². The van der Waals surface area contributed by atoms with E-state index in [0.717, 1.165) is 6.42 Å². The van der Waals surface area contributed by atoms with Crippen molar-refractivity contribution in [2.45, 2.75) is 19.0 Å². The Balaban J connectivity index is 1.67. The lowest BCUT2D eigenvalue weighted by Gasteiger charge is -2.11. The van der Waals surface area contributed by atoms with Crippen LogP contribution in [-0.4, -0.2) is 26.0 Å². The summed E-state index contributed by atoms with van der Waals surface area (Å²) in [6.45, 7) is 0.709. The van der Waals surface area contributed by atoms with Crippen LogP contribution in [0.2, 0.25) is 0 Å². The number of rotatable bonds is 4. The standard InChI is InChI=1S/C17H19NO2S/c19-21(20)10-9-17(13-21)18-12-14-5-4-8-16(11-14)15-6-2-1-3-7-15/h1-8,11,17-18H,9-10,12-13H2. The van der Waals surface area contributed by atoms with Crippen molar-refractivity contribution in [2.75, 3.05) is 11.5 Å². The van der Waals surface area contributed by atoms with Gasteiger partial charge in [-0.2, -0.15) is 0 Å².